The Hall–Kier alpha value is -2.12. The fourth-order valence-corrected chi connectivity index (χ4v) is 3.99. The van der Waals surface area contributed by atoms with E-state index in [9.17, 15) is 4.79 Å². The maximum Gasteiger partial charge on any atom is 0.234 e. The van der Waals surface area contributed by atoms with Crippen molar-refractivity contribution in [2.75, 3.05) is 11.1 Å². The summed E-state index contributed by atoms with van der Waals surface area (Å²) in [6.07, 6.45) is 0. The molecule has 7 heteroatoms. The predicted octanol–water partition coefficient (Wildman–Crippen LogP) is 3.98. The Balaban J connectivity index is 1.71. The lowest BCUT2D eigenvalue weighted by Crippen LogP contribution is -2.15. The number of carbonyl (C=O) groups excluding carboxylic acids is 1. The quantitative estimate of drug-likeness (QED) is 0.701. The second kappa shape index (κ2) is 7.19. The third-order valence-electron chi connectivity index (χ3n) is 3.48. The molecule has 0 fully saturated rings. The van der Waals surface area contributed by atoms with Crippen molar-refractivity contribution in [2.24, 2.45) is 0 Å². The van der Waals surface area contributed by atoms with Crippen LogP contribution in [0.15, 0.2) is 40.1 Å². The first-order valence-corrected chi connectivity index (χ1v) is 9.37. The molecule has 5 nitrogen and oxygen atoms in total. The Morgan fingerprint density at radius 3 is 2.67 bits per heavy atom. The maximum absolute atomic E-state index is 12.3. The van der Waals surface area contributed by atoms with Gasteiger partial charge in [-0.2, -0.15) is 5.10 Å². The first-order valence-electron chi connectivity index (χ1n) is 7.51. The van der Waals surface area contributed by atoms with E-state index in [0.29, 0.717) is 5.75 Å². The molecule has 0 bridgehead atoms. The summed E-state index contributed by atoms with van der Waals surface area (Å²) in [5, 5.41) is 9.50. The van der Waals surface area contributed by atoms with E-state index < -0.39 is 0 Å². The number of para-hydroxylation sites is 1. The van der Waals surface area contributed by atoms with Crippen LogP contribution in [0.4, 0.5) is 5.69 Å². The van der Waals surface area contributed by atoms with Gasteiger partial charge in [-0.05, 0) is 32.9 Å². The fraction of sp³-hybridized carbons (Fsp3) is 0.235. The zero-order valence-corrected chi connectivity index (χ0v) is 15.4. The zero-order chi connectivity index (χ0) is 17.1. The van der Waals surface area contributed by atoms with E-state index in [0.717, 1.165) is 32.8 Å². The van der Waals surface area contributed by atoms with Crippen molar-refractivity contribution >= 4 is 34.7 Å². The molecular formula is C17H18N4OS2. The van der Waals surface area contributed by atoms with Crippen molar-refractivity contribution in [1.29, 1.82) is 0 Å². The average molecular weight is 358 g/mol. The Morgan fingerprint density at radius 2 is 2.00 bits per heavy atom. The van der Waals surface area contributed by atoms with Crippen LogP contribution in [0.2, 0.25) is 0 Å². The molecule has 0 unspecified atom stereocenters. The molecule has 0 saturated carbocycles. The second-order valence-corrected chi connectivity index (χ2v) is 7.47. The molecule has 2 heterocycles. The Kier molecular flexibility index (Phi) is 5.01. The van der Waals surface area contributed by atoms with Crippen molar-refractivity contribution in [3.63, 3.8) is 0 Å². The van der Waals surface area contributed by atoms with Crippen molar-refractivity contribution in [1.82, 2.24) is 14.8 Å². The SMILES string of the molecule is Cc1csc(SCC(=O)Nc2c(C)nn(-c3ccccc3)c2C)n1. The molecule has 3 rings (SSSR count). The highest BCUT2D eigenvalue weighted by Gasteiger charge is 2.15. The number of thiazole rings is 1. The first kappa shape index (κ1) is 16.7. The Bertz CT molecular complexity index is 855. The topological polar surface area (TPSA) is 59.8 Å². The summed E-state index contributed by atoms with van der Waals surface area (Å²) in [7, 11) is 0. The molecule has 24 heavy (non-hydrogen) atoms. The number of amides is 1. The number of aromatic nitrogens is 3. The lowest BCUT2D eigenvalue weighted by atomic mass is 10.3. The number of anilines is 1. The van der Waals surface area contributed by atoms with Gasteiger partial charge in [0.15, 0.2) is 4.34 Å². The second-order valence-electron chi connectivity index (χ2n) is 5.38. The number of carbonyl (C=O) groups is 1. The summed E-state index contributed by atoms with van der Waals surface area (Å²) in [5.74, 6) is 0.286. The largest absolute Gasteiger partial charge is 0.322 e. The molecule has 3 aromatic rings. The van der Waals surface area contributed by atoms with Crippen LogP contribution in [0.1, 0.15) is 17.1 Å². The molecule has 0 aliphatic heterocycles. The molecule has 2 aromatic heterocycles. The van der Waals surface area contributed by atoms with Crippen molar-refractivity contribution in [3.8, 4) is 5.69 Å². The number of hydrogen-bond donors (Lipinski definition) is 1. The number of rotatable bonds is 5. The number of hydrogen-bond acceptors (Lipinski definition) is 5. The van der Waals surface area contributed by atoms with Gasteiger partial charge in [-0.15, -0.1) is 11.3 Å². The molecule has 0 saturated heterocycles. The van der Waals surface area contributed by atoms with Crippen LogP contribution >= 0.6 is 23.1 Å². The van der Waals surface area contributed by atoms with E-state index >= 15 is 0 Å². The van der Waals surface area contributed by atoms with Gasteiger partial charge >= 0.3 is 0 Å². The molecule has 1 N–H and O–H groups in total. The zero-order valence-electron chi connectivity index (χ0n) is 13.7. The number of aryl methyl sites for hydroxylation is 2. The van der Waals surface area contributed by atoms with Crippen LogP contribution in [0.5, 0.6) is 0 Å². The third-order valence-corrected chi connectivity index (χ3v) is 5.62. The molecule has 0 aliphatic rings. The molecule has 1 aromatic carbocycles. The maximum atomic E-state index is 12.3. The Labute approximate surface area is 149 Å². The third kappa shape index (κ3) is 3.68. The number of benzene rings is 1. The number of thioether (sulfide) groups is 1. The molecule has 1 amide bonds. The minimum absolute atomic E-state index is 0.0494. The summed E-state index contributed by atoms with van der Waals surface area (Å²) in [6.45, 7) is 5.81. The molecule has 0 aliphatic carbocycles. The number of nitrogens with zero attached hydrogens (tertiary/aromatic N) is 3. The van der Waals surface area contributed by atoms with Crippen LogP contribution in [-0.2, 0) is 4.79 Å². The van der Waals surface area contributed by atoms with Crippen LogP contribution in [0.3, 0.4) is 0 Å². The highest BCUT2D eigenvalue weighted by Crippen LogP contribution is 2.25. The molecule has 124 valence electrons. The van der Waals surface area contributed by atoms with Gasteiger partial charge in [0.05, 0.1) is 28.5 Å². The first-order chi connectivity index (χ1) is 11.5. The summed E-state index contributed by atoms with van der Waals surface area (Å²) in [4.78, 5) is 16.6. The van der Waals surface area contributed by atoms with Crippen molar-refractivity contribution < 1.29 is 4.79 Å². The van der Waals surface area contributed by atoms with Crippen molar-refractivity contribution in [2.45, 2.75) is 25.1 Å². The molecular weight excluding hydrogens is 340 g/mol. The van der Waals surface area contributed by atoms with Gasteiger partial charge in [0, 0.05) is 11.1 Å². The lowest BCUT2D eigenvalue weighted by molar-refractivity contribution is -0.113. The van der Waals surface area contributed by atoms with Crippen molar-refractivity contribution in [3.05, 3.63) is 52.8 Å². The van der Waals surface area contributed by atoms with E-state index in [1.807, 2.05) is 61.2 Å². The predicted molar refractivity (Wildman–Crippen MR) is 99.2 cm³/mol. The highest BCUT2D eigenvalue weighted by atomic mass is 32.2. The van der Waals surface area contributed by atoms with Gasteiger partial charge in [-0.25, -0.2) is 9.67 Å². The molecule has 0 atom stereocenters. The normalized spacial score (nSPS) is 10.8. The van der Waals surface area contributed by atoms with E-state index in [-0.39, 0.29) is 5.91 Å². The highest BCUT2D eigenvalue weighted by molar-refractivity contribution is 8.01. The standard InChI is InChI=1S/C17H18N4OS2/c1-11-9-23-17(18-11)24-10-15(22)19-16-12(2)20-21(13(16)3)14-7-5-4-6-8-14/h4-9H,10H2,1-3H3,(H,19,22). The van der Waals surface area contributed by atoms with Gasteiger partial charge < -0.3 is 5.32 Å². The molecule has 0 spiro atoms. The average Bonchev–Trinajstić information content (AvgIpc) is 3.12. The monoisotopic (exact) mass is 358 g/mol. The minimum Gasteiger partial charge on any atom is -0.322 e. The lowest BCUT2D eigenvalue weighted by Gasteiger charge is -2.06. The van der Waals surface area contributed by atoms with Crippen LogP contribution in [0.25, 0.3) is 5.69 Å². The van der Waals surface area contributed by atoms with Gasteiger partial charge in [-0.1, -0.05) is 30.0 Å². The van der Waals surface area contributed by atoms with Crippen LogP contribution < -0.4 is 5.32 Å². The smallest absolute Gasteiger partial charge is 0.234 e. The summed E-state index contributed by atoms with van der Waals surface area (Å²) >= 11 is 3.01. The van der Waals surface area contributed by atoms with E-state index in [2.05, 4.69) is 15.4 Å². The van der Waals surface area contributed by atoms with E-state index in [1.54, 1.807) is 11.3 Å². The Morgan fingerprint density at radius 1 is 1.25 bits per heavy atom. The number of nitrogens with one attached hydrogen (secondary N) is 1. The summed E-state index contributed by atoms with van der Waals surface area (Å²) in [6, 6.07) is 9.89. The molecule has 0 radical (unpaired) electrons. The van der Waals surface area contributed by atoms with E-state index in [4.69, 9.17) is 0 Å². The summed E-state index contributed by atoms with van der Waals surface area (Å²) < 4.78 is 2.76. The van der Waals surface area contributed by atoms with Gasteiger partial charge in [0.25, 0.3) is 0 Å². The van der Waals surface area contributed by atoms with E-state index in [1.165, 1.54) is 11.8 Å². The van der Waals surface area contributed by atoms with Gasteiger partial charge in [0.2, 0.25) is 5.91 Å². The minimum atomic E-state index is -0.0494. The van der Waals surface area contributed by atoms with Gasteiger partial charge in [0.1, 0.15) is 0 Å². The fourth-order valence-electron chi connectivity index (χ4n) is 2.35. The van der Waals surface area contributed by atoms with Gasteiger partial charge in [-0.3, -0.25) is 4.79 Å². The van der Waals surface area contributed by atoms with Crippen LogP contribution in [0, 0.1) is 20.8 Å². The van der Waals surface area contributed by atoms with Crippen LogP contribution in [-0.4, -0.2) is 26.4 Å². The summed E-state index contributed by atoms with van der Waals surface area (Å²) in [5.41, 5.74) is 4.46.